The predicted molar refractivity (Wildman–Crippen MR) is 66.9 cm³/mol. The topological polar surface area (TPSA) is 127 Å². The number of alkyl carbamates (subject to hydrolysis) is 1. The minimum atomic E-state index is -1.36. The molecule has 0 spiro atoms. The molecule has 1 amide bonds. The molecule has 1 aromatic rings. The molecule has 0 aromatic carbocycles. The highest BCUT2D eigenvalue weighted by atomic mass is 16.6. The SMILES string of the molecule is CC(C)(C)OC(=O)NC(C(=O)O)c1cn(CCO)nn1. The van der Waals surface area contributed by atoms with E-state index in [1.54, 1.807) is 20.8 Å². The number of carboxylic acids is 1. The molecule has 0 fully saturated rings. The highest BCUT2D eigenvalue weighted by Gasteiger charge is 2.27. The number of ether oxygens (including phenoxy) is 1. The van der Waals surface area contributed by atoms with Crippen LogP contribution in [-0.2, 0) is 16.1 Å². The number of amides is 1. The lowest BCUT2D eigenvalue weighted by molar-refractivity contribution is -0.139. The van der Waals surface area contributed by atoms with Crippen LogP contribution in [0.5, 0.6) is 0 Å². The molecule has 9 heteroatoms. The summed E-state index contributed by atoms with van der Waals surface area (Å²) in [5.41, 5.74) is -0.682. The van der Waals surface area contributed by atoms with E-state index < -0.39 is 23.7 Å². The molecule has 0 aliphatic heterocycles. The Kier molecular flexibility index (Phi) is 5.03. The van der Waals surface area contributed by atoms with E-state index in [9.17, 15) is 9.59 Å². The van der Waals surface area contributed by atoms with Gasteiger partial charge in [-0.25, -0.2) is 14.3 Å². The second-order valence-electron chi connectivity index (χ2n) is 5.05. The highest BCUT2D eigenvalue weighted by molar-refractivity contribution is 5.80. The Hall–Kier alpha value is -2.16. The number of aliphatic hydroxyl groups excluding tert-OH is 1. The van der Waals surface area contributed by atoms with Crippen molar-refractivity contribution in [2.24, 2.45) is 0 Å². The van der Waals surface area contributed by atoms with Crippen molar-refractivity contribution in [2.45, 2.75) is 39.0 Å². The highest BCUT2D eigenvalue weighted by Crippen LogP contribution is 2.12. The fourth-order valence-electron chi connectivity index (χ4n) is 1.34. The smallest absolute Gasteiger partial charge is 0.408 e. The molecule has 1 heterocycles. The van der Waals surface area contributed by atoms with E-state index in [1.807, 2.05) is 0 Å². The van der Waals surface area contributed by atoms with Crippen LogP contribution in [0.2, 0.25) is 0 Å². The van der Waals surface area contributed by atoms with Crippen LogP contribution < -0.4 is 5.32 Å². The van der Waals surface area contributed by atoms with Gasteiger partial charge < -0.3 is 20.3 Å². The van der Waals surface area contributed by atoms with E-state index in [0.717, 1.165) is 0 Å². The van der Waals surface area contributed by atoms with Gasteiger partial charge in [0, 0.05) is 0 Å². The summed E-state index contributed by atoms with van der Waals surface area (Å²) in [5.74, 6) is -1.29. The number of nitrogens with zero attached hydrogens (tertiary/aromatic N) is 3. The first-order valence-electron chi connectivity index (χ1n) is 5.96. The monoisotopic (exact) mass is 286 g/mol. The molecule has 3 N–H and O–H groups in total. The van der Waals surface area contributed by atoms with Crippen LogP contribution >= 0.6 is 0 Å². The van der Waals surface area contributed by atoms with E-state index in [1.165, 1.54) is 10.9 Å². The van der Waals surface area contributed by atoms with Crippen molar-refractivity contribution < 1.29 is 24.5 Å². The molecule has 0 radical (unpaired) electrons. The molecular formula is C11H18N4O5. The fraction of sp³-hybridized carbons (Fsp3) is 0.636. The number of aromatic nitrogens is 3. The standard InChI is InChI=1S/C11H18N4O5/c1-11(2,3)20-10(19)12-8(9(17)18)7-6-15(4-5-16)14-13-7/h6,8,16H,4-5H2,1-3H3,(H,12,19)(H,17,18). The van der Waals surface area contributed by atoms with Gasteiger partial charge in [-0.2, -0.15) is 0 Å². The van der Waals surface area contributed by atoms with Gasteiger partial charge in [0.25, 0.3) is 0 Å². The number of carboxylic acid groups (broad SMARTS) is 1. The third kappa shape index (κ3) is 4.84. The van der Waals surface area contributed by atoms with Gasteiger partial charge in [-0.3, -0.25) is 0 Å². The van der Waals surface area contributed by atoms with Crippen LogP contribution in [0.3, 0.4) is 0 Å². The molecule has 0 saturated carbocycles. The number of rotatable bonds is 5. The number of carbonyl (C=O) groups is 2. The van der Waals surface area contributed by atoms with Gasteiger partial charge in [-0.15, -0.1) is 5.10 Å². The van der Waals surface area contributed by atoms with Crippen molar-refractivity contribution in [1.82, 2.24) is 20.3 Å². The first-order chi connectivity index (χ1) is 9.23. The quantitative estimate of drug-likeness (QED) is 0.691. The van der Waals surface area contributed by atoms with E-state index in [-0.39, 0.29) is 18.8 Å². The van der Waals surface area contributed by atoms with Crippen molar-refractivity contribution in [2.75, 3.05) is 6.61 Å². The first kappa shape index (κ1) is 15.9. The Morgan fingerprint density at radius 3 is 2.65 bits per heavy atom. The van der Waals surface area contributed by atoms with Crippen LogP contribution in [0.4, 0.5) is 4.79 Å². The molecular weight excluding hydrogens is 268 g/mol. The molecule has 0 bridgehead atoms. The van der Waals surface area contributed by atoms with Gasteiger partial charge in [0.1, 0.15) is 11.3 Å². The molecule has 1 rings (SSSR count). The molecule has 1 atom stereocenters. The normalized spacial score (nSPS) is 12.8. The maximum atomic E-state index is 11.6. The van der Waals surface area contributed by atoms with Crippen LogP contribution in [0.1, 0.15) is 32.5 Å². The molecule has 1 aromatic heterocycles. The van der Waals surface area contributed by atoms with E-state index >= 15 is 0 Å². The summed E-state index contributed by atoms with van der Waals surface area (Å²) in [5, 5.41) is 27.4. The number of nitrogens with one attached hydrogen (secondary N) is 1. The summed E-state index contributed by atoms with van der Waals surface area (Å²) in [6, 6.07) is -1.36. The Balaban J connectivity index is 2.78. The summed E-state index contributed by atoms with van der Waals surface area (Å²) in [4.78, 5) is 22.8. The van der Waals surface area contributed by atoms with Crippen molar-refractivity contribution in [3.8, 4) is 0 Å². The van der Waals surface area contributed by atoms with Crippen molar-refractivity contribution in [3.05, 3.63) is 11.9 Å². The number of aliphatic hydroxyl groups is 1. The molecule has 9 nitrogen and oxygen atoms in total. The van der Waals surface area contributed by atoms with Gasteiger partial charge in [0.05, 0.1) is 19.3 Å². The van der Waals surface area contributed by atoms with E-state index in [0.29, 0.717) is 0 Å². The molecule has 112 valence electrons. The summed E-state index contributed by atoms with van der Waals surface area (Å²) in [7, 11) is 0. The maximum absolute atomic E-state index is 11.6. The summed E-state index contributed by atoms with van der Waals surface area (Å²) in [6.45, 7) is 5.03. The second kappa shape index (κ2) is 6.33. The number of aliphatic carboxylic acids is 1. The Labute approximate surface area is 115 Å². The van der Waals surface area contributed by atoms with Crippen molar-refractivity contribution in [1.29, 1.82) is 0 Å². The van der Waals surface area contributed by atoms with Gasteiger partial charge in [0.2, 0.25) is 0 Å². The third-order valence-corrected chi connectivity index (χ3v) is 2.09. The summed E-state index contributed by atoms with van der Waals surface area (Å²) < 4.78 is 6.27. The molecule has 0 aliphatic carbocycles. The average Bonchev–Trinajstić information content (AvgIpc) is 2.72. The van der Waals surface area contributed by atoms with Gasteiger partial charge >= 0.3 is 12.1 Å². The van der Waals surface area contributed by atoms with Gasteiger partial charge in [-0.1, -0.05) is 5.21 Å². The maximum Gasteiger partial charge on any atom is 0.408 e. The second-order valence-corrected chi connectivity index (χ2v) is 5.05. The average molecular weight is 286 g/mol. The largest absolute Gasteiger partial charge is 0.479 e. The summed E-state index contributed by atoms with van der Waals surface area (Å²) >= 11 is 0. The van der Waals surface area contributed by atoms with Crippen LogP contribution in [0, 0.1) is 0 Å². The Morgan fingerprint density at radius 2 is 2.15 bits per heavy atom. The minimum absolute atomic E-state index is 0.0526. The van der Waals surface area contributed by atoms with Crippen LogP contribution in [0.15, 0.2) is 6.20 Å². The molecule has 0 aliphatic rings. The fourth-order valence-corrected chi connectivity index (χ4v) is 1.34. The minimum Gasteiger partial charge on any atom is -0.479 e. The zero-order valence-corrected chi connectivity index (χ0v) is 11.5. The number of hydrogen-bond acceptors (Lipinski definition) is 6. The lowest BCUT2D eigenvalue weighted by Crippen LogP contribution is -2.38. The lowest BCUT2D eigenvalue weighted by atomic mass is 10.2. The van der Waals surface area contributed by atoms with Crippen LogP contribution in [-0.4, -0.2) is 49.5 Å². The van der Waals surface area contributed by atoms with Crippen molar-refractivity contribution >= 4 is 12.1 Å². The first-order valence-corrected chi connectivity index (χ1v) is 5.96. The zero-order valence-electron chi connectivity index (χ0n) is 11.5. The molecule has 1 unspecified atom stereocenters. The number of hydrogen-bond donors (Lipinski definition) is 3. The lowest BCUT2D eigenvalue weighted by Gasteiger charge is -2.21. The Morgan fingerprint density at radius 1 is 1.50 bits per heavy atom. The number of carbonyl (C=O) groups excluding carboxylic acids is 1. The van der Waals surface area contributed by atoms with Crippen LogP contribution in [0.25, 0.3) is 0 Å². The molecule has 0 saturated heterocycles. The third-order valence-electron chi connectivity index (χ3n) is 2.09. The van der Waals surface area contributed by atoms with E-state index in [2.05, 4.69) is 15.6 Å². The van der Waals surface area contributed by atoms with Crippen molar-refractivity contribution in [3.63, 3.8) is 0 Å². The van der Waals surface area contributed by atoms with E-state index in [4.69, 9.17) is 14.9 Å². The molecule has 20 heavy (non-hydrogen) atoms. The Bertz CT molecular complexity index is 479. The van der Waals surface area contributed by atoms with Gasteiger partial charge in [-0.05, 0) is 20.8 Å². The zero-order chi connectivity index (χ0) is 15.3. The summed E-state index contributed by atoms with van der Waals surface area (Å²) in [6.07, 6.45) is 0.480. The van der Waals surface area contributed by atoms with Gasteiger partial charge in [0.15, 0.2) is 6.04 Å². The predicted octanol–water partition coefficient (Wildman–Crippen LogP) is -0.0792.